The zero-order valence-electron chi connectivity index (χ0n) is 20.4. The van der Waals surface area contributed by atoms with Crippen LogP contribution < -0.4 is 5.32 Å². The fourth-order valence-corrected chi connectivity index (χ4v) is 5.41. The average Bonchev–Trinajstić information content (AvgIpc) is 3.32. The van der Waals surface area contributed by atoms with Crippen molar-refractivity contribution >= 4 is 50.9 Å². The quantitative estimate of drug-likeness (QED) is 0.242. The van der Waals surface area contributed by atoms with Crippen molar-refractivity contribution in [2.75, 3.05) is 5.32 Å². The average molecular weight is 539 g/mol. The van der Waals surface area contributed by atoms with Crippen LogP contribution in [-0.2, 0) is 4.79 Å². The number of carbonyl (C=O) groups is 2. The highest BCUT2D eigenvalue weighted by molar-refractivity contribution is 7.17. The summed E-state index contributed by atoms with van der Waals surface area (Å²) in [5.41, 5.74) is 3.61. The maximum atomic E-state index is 16.0. The maximum absolute atomic E-state index is 16.0. The Morgan fingerprint density at radius 1 is 1.08 bits per heavy atom. The predicted molar refractivity (Wildman–Crippen MR) is 145 cm³/mol. The van der Waals surface area contributed by atoms with E-state index in [0.29, 0.717) is 38.8 Å². The van der Waals surface area contributed by atoms with Crippen molar-refractivity contribution in [1.82, 2.24) is 35.1 Å². The maximum Gasteiger partial charge on any atom is 0.227 e. The van der Waals surface area contributed by atoms with E-state index in [1.807, 2.05) is 12.1 Å². The van der Waals surface area contributed by atoms with Crippen LogP contribution in [0.1, 0.15) is 29.4 Å². The van der Waals surface area contributed by atoms with Crippen molar-refractivity contribution in [3.05, 3.63) is 59.7 Å². The molecule has 1 aliphatic carbocycles. The Balaban J connectivity index is 1.30. The van der Waals surface area contributed by atoms with Crippen molar-refractivity contribution in [3.63, 3.8) is 0 Å². The van der Waals surface area contributed by atoms with E-state index in [-0.39, 0.29) is 34.2 Å². The van der Waals surface area contributed by atoms with Gasteiger partial charge in [-0.3, -0.25) is 19.7 Å². The molecule has 0 aromatic carbocycles. The number of rotatable bonds is 6. The van der Waals surface area contributed by atoms with E-state index in [2.05, 4.69) is 40.4 Å². The van der Waals surface area contributed by atoms with E-state index in [1.165, 1.54) is 36.9 Å². The molecule has 0 radical (unpaired) electrons. The summed E-state index contributed by atoms with van der Waals surface area (Å²) in [4.78, 5) is 46.3. The number of fused-ring (bicyclic) bond motifs is 2. The first-order valence-electron chi connectivity index (χ1n) is 12.2. The molecule has 7 rings (SSSR count). The van der Waals surface area contributed by atoms with Crippen molar-refractivity contribution in [2.45, 2.75) is 19.8 Å². The smallest absolute Gasteiger partial charge is 0.227 e. The van der Waals surface area contributed by atoms with E-state index in [4.69, 9.17) is 0 Å². The number of thiophene rings is 1. The van der Waals surface area contributed by atoms with E-state index in [1.54, 1.807) is 18.3 Å². The molecule has 1 saturated carbocycles. The van der Waals surface area contributed by atoms with E-state index in [9.17, 15) is 9.59 Å². The summed E-state index contributed by atoms with van der Waals surface area (Å²) in [5, 5.41) is 10.0. The van der Waals surface area contributed by atoms with Crippen LogP contribution in [-0.4, -0.2) is 46.8 Å². The third-order valence-corrected chi connectivity index (χ3v) is 7.85. The second kappa shape index (κ2) is 8.88. The Labute approximate surface area is 223 Å². The van der Waals surface area contributed by atoms with Crippen LogP contribution in [0.5, 0.6) is 0 Å². The number of ketones is 1. The van der Waals surface area contributed by atoms with E-state index < -0.39 is 5.82 Å². The van der Waals surface area contributed by atoms with Crippen LogP contribution >= 0.6 is 11.3 Å². The molecule has 6 aromatic rings. The number of carbonyl (C=O) groups excluding carboxylic acids is 2. The van der Waals surface area contributed by atoms with Crippen LogP contribution in [0, 0.1) is 11.7 Å². The van der Waals surface area contributed by atoms with Gasteiger partial charge in [0, 0.05) is 46.1 Å². The molecule has 0 atom stereocenters. The Hall–Kier alpha value is -4.84. The molecule has 6 aromatic heterocycles. The molecule has 0 bridgehead atoms. The Morgan fingerprint density at radius 2 is 1.95 bits per heavy atom. The number of H-pyrrole nitrogens is 2. The number of halogens is 1. The van der Waals surface area contributed by atoms with Crippen molar-refractivity contribution < 1.29 is 14.0 Å². The molecule has 39 heavy (non-hydrogen) atoms. The molecular formula is C27H19FN8O2S. The van der Waals surface area contributed by atoms with Crippen molar-refractivity contribution in [2.24, 2.45) is 5.92 Å². The highest BCUT2D eigenvalue weighted by Crippen LogP contribution is 2.36. The number of imidazole rings is 1. The largest absolute Gasteiger partial charge is 0.335 e. The number of aromatic nitrogens is 7. The molecule has 0 spiro atoms. The minimum absolute atomic E-state index is 0.00408. The Kier molecular flexibility index (Phi) is 5.30. The van der Waals surface area contributed by atoms with Crippen molar-refractivity contribution in [1.29, 1.82) is 0 Å². The van der Waals surface area contributed by atoms with Crippen LogP contribution in [0.2, 0.25) is 0 Å². The lowest BCUT2D eigenvalue weighted by atomic mass is 10.1. The molecule has 192 valence electrons. The molecule has 6 heterocycles. The van der Waals surface area contributed by atoms with Gasteiger partial charge in [-0.2, -0.15) is 5.10 Å². The zero-order chi connectivity index (χ0) is 26.7. The molecule has 1 aliphatic rings. The number of nitrogens with one attached hydrogen (secondary N) is 3. The summed E-state index contributed by atoms with van der Waals surface area (Å²) in [5.74, 6) is -0.230. The lowest BCUT2D eigenvalue weighted by Gasteiger charge is -2.08. The summed E-state index contributed by atoms with van der Waals surface area (Å²) in [6.45, 7) is 1.53. The van der Waals surface area contributed by atoms with Crippen LogP contribution in [0.4, 0.5) is 10.1 Å². The number of hydrogen-bond donors (Lipinski definition) is 3. The molecule has 1 amide bonds. The number of aromatic amines is 2. The Bertz CT molecular complexity index is 1940. The van der Waals surface area contributed by atoms with Gasteiger partial charge in [0.25, 0.3) is 0 Å². The highest BCUT2D eigenvalue weighted by atomic mass is 32.1. The van der Waals surface area contributed by atoms with Gasteiger partial charge in [-0.15, -0.1) is 11.3 Å². The summed E-state index contributed by atoms with van der Waals surface area (Å²) in [6, 6.07) is 7.19. The third kappa shape index (κ3) is 4.05. The summed E-state index contributed by atoms with van der Waals surface area (Å²) in [6.07, 6.45) is 7.84. The fraction of sp³-hybridized carbons (Fsp3) is 0.148. The lowest BCUT2D eigenvalue weighted by Crippen LogP contribution is -2.13. The number of Topliss-reactive ketones (excluding diaryl/α,β-unsaturated/α-hetero) is 1. The number of amides is 1. The van der Waals surface area contributed by atoms with Gasteiger partial charge in [-0.05, 0) is 44.0 Å². The van der Waals surface area contributed by atoms with Gasteiger partial charge in [0.15, 0.2) is 22.9 Å². The van der Waals surface area contributed by atoms with Crippen LogP contribution in [0.25, 0.3) is 55.3 Å². The van der Waals surface area contributed by atoms with Gasteiger partial charge < -0.3 is 10.3 Å². The van der Waals surface area contributed by atoms with Gasteiger partial charge in [0.2, 0.25) is 5.91 Å². The second-order valence-corrected chi connectivity index (χ2v) is 10.5. The number of pyridine rings is 3. The fourth-order valence-electron chi connectivity index (χ4n) is 4.48. The first kappa shape index (κ1) is 23.3. The summed E-state index contributed by atoms with van der Waals surface area (Å²) >= 11 is 1.38. The van der Waals surface area contributed by atoms with Gasteiger partial charge in [0.1, 0.15) is 11.5 Å². The van der Waals surface area contributed by atoms with Crippen molar-refractivity contribution in [3.8, 4) is 33.1 Å². The first-order chi connectivity index (χ1) is 19.0. The number of nitrogens with zero attached hydrogens (tertiary/aromatic N) is 5. The number of anilines is 1. The molecule has 0 aliphatic heterocycles. The number of hydrogen-bond acceptors (Lipinski definition) is 8. The van der Waals surface area contributed by atoms with Crippen LogP contribution in [0.15, 0.2) is 49.1 Å². The molecule has 3 N–H and O–H groups in total. The molecular weight excluding hydrogens is 519 g/mol. The summed E-state index contributed by atoms with van der Waals surface area (Å²) < 4.78 is 16.0. The zero-order valence-corrected chi connectivity index (χ0v) is 21.3. The molecule has 12 heteroatoms. The van der Waals surface area contributed by atoms with Gasteiger partial charge >= 0.3 is 0 Å². The topological polar surface area (TPSA) is 142 Å². The summed E-state index contributed by atoms with van der Waals surface area (Å²) in [7, 11) is 0. The predicted octanol–water partition coefficient (Wildman–Crippen LogP) is 5.38. The minimum atomic E-state index is -0.547. The molecule has 1 fully saturated rings. The SMILES string of the molecule is CC(=O)c1ccc(-c2ccnc3nc(-c4[nH]nc5ncc(-c6cncc(NC(=O)C7CC7)c6)c(F)c45)[nH]c23)s1. The molecule has 0 unspecified atom stereocenters. The van der Waals surface area contributed by atoms with Gasteiger partial charge in [0.05, 0.1) is 27.7 Å². The standard InChI is InChI=1S/C27H19FN8O2S/c1-12(37)18-4-5-19(39-18)16-6-7-30-25-22(16)33-26(34-25)23-20-21(28)17(11-31-24(20)36-35-23)14-8-15(10-29-9-14)32-27(38)13-2-3-13/h4-11,13H,2-3H2,1H3,(H,32,38)(H,30,33,34)(H,31,35,36). The van der Waals surface area contributed by atoms with Gasteiger partial charge in [-0.25, -0.2) is 19.3 Å². The van der Waals surface area contributed by atoms with E-state index in [0.717, 1.165) is 23.3 Å². The van der Waals surface area contributed by atoms with Gasteiger partial charge in [-0.1, -0.05) is 0 Å². The van der Waals surface area contributed by atoms with E-state index >= 15 is 4.39 Å². The first-order valence-corrected chi connectivity index (χ1v) is 13.0. The molecule has 0 saturated heterocycles. The lowest BCUT2D eigenvalue weighted by molar-refractivity contribution is -0.117. The highest BCUT2D eigenvalue weighted by Gasteiger charge is 2.29. The monoisotopic (exact) mass is 538 g/mol. The molecule has 10 nitrogen and oxygen atoms in total. The van der Waals surface area contributed by atoms with Crippen LogP contribution in [0.3, 0.4) is 0 Å². The second-order valence-electron chi connectivity index (χ2n) is 9.37. The normalized spacial score (nSPS) is 13.3. The minimum Gasteiger partial charge on any atom is -0.335 e. The third-order valence-electron chi connectivity index (χ3n) is 6.63. The Morgan fingerprint density at radius 3 is 2.74 bits per heavy atom.